The normalized spacial score (nSPS) is 39.0. The summed E-state index contributed by atoms with van der Waals surface area (Å²) in [6.07, 6.45) is 0.530. The van der Waals surface area contributed by atoms with E-state index in [0.29, 0.717) is 6.42 Å². The van der Waals surface area contributed by atoms with Gasteiger partial charge >= 0.3 is 5.97 Å². The molecular weight excluding hydrogens is 224 g/mol. The second-order valence-corrected chi connectivity index (χ2v) is 4.71. The summed E-state index contributed by atoms with van der Waals surface area (Å²) in [4.78, 5) is 22.3. The molecule has 1 aliphatic carbocycles. The van der Waals surface area contributed by atoms with Crippen LogP contribution in [0.1, 0.15) is 20.3 Å². The van der Waals surface area contributed by atoms with Gasteiger partial charge in [-0.05, 0) is 20.3 Å². The molecule has 0 N–H and O–H groups in total. The number of methoxy groups -OCH3 is 1. The molecule has 0 aromatic heterocycles. The summed E-state index contributed by atoms with van der Waals surface area (Å²) in [5.41, 5.74) is -0.659. The van der Waals surface area contributed by atoms with Crippen molar-refractivity contribution < 1.29 is 14.3 Å². The van der Waals surface area contributed by atoms with Crippen LogP contribution in [-0.4, -0.2) is 23.2 Å². The molecule has 68 valence electrons. The third-order valence-electron chi connectivity index (χ3n) is 2.54. The first-order valence-corrected chi connectivity index (χ1v) is 4.46. The highest BCUT2D eigenvalue weighted by molar-refractivity contribution is 9.10. The van der Waals surface area contributed by atoms with Gasteiger partial charge in [-0.15, -0.1) is 0 Å². The van der Waals surface area contributed by atoms with Crippen molar-refractivity contribution in [2.75, 3.05) is 7.11 Å². The Morgan fingerprint density at radius 1 is 1.50 bits per heavy atom. The molecule has 1 saturated carbocycles. The van der Waals surface area contributed by atoms with E-state index < -0.39 is 9.74 Å². The molecule has 0 heterocycles. The zero-order valence-electron chi connectivity index (χ0n) is 7.31. The van der Waals surface area contributed by atoms with Crippen LogP contribution in [0.2, 0.25) is 0 Å². The minimum atomic E-state index is -0.674. The van der Waals surface area contributed by atoms with Crippen LogP contribution in [0.25, 0.3) is 0 Å². The Hall–Kier alpha value is -0.380. The topological polar surface area (TPSA) is 43.4 Å². The third kappa shape index (κ3) is 1.01. The molecule has 2 unspecified atom stereocenters. The molecule has 0 saturated heterocycles. The van der Waals surface area contributed by atoms with Crippen LogP contribution in [0.4, 0.5) is 0 Å². The van der Waals surface area contributed by atoms with Crippen LogP contribution in [-0.2, 0) is 14.3 Å². The van der Waals surface area contributed by atoms with Crippen molar-refractivity contribution in [3.63, 3.8) is 0 Å². The summed E-state index contributed by atoms with van der Waals surface area (Å²) in [5, 5.41) is 0. The van der Waals surface area contributed by atoms with E-state index in [1.807, 2.05) is 0 Å². The van der Waals surface area contributed by atoms with Gasteiger partial charge in [-0.3, -0.25) is 9.59 Å². The second kappa shape index (κ2) is 2.55. The standard InChI is InChI=1S/C8H11BrO3/c1-5(10)8(9)4-7(8,2)6(11)12-3/h4H2,1-3H3. The summed E-state index contributed by atoms with van der Waals surface area (Å²) in [6, 6.07) is 0. The maximum Gasteiger partial charge on any atom is 0.313 e. The van der Waals surface area contributed by atoms with Crippen molar-refractivity contribution in [3.8, 4) is 0 Å². The molecule has 0 aliphatic heterocycles. The van der Waals surface area contributed by atoms with E-state index >= 15 is 0 Å². The third-order valence-corrected chi connectivity index (χ3v) is 4.25. The number of carbonyl (C=O) groups is 2. The van der Waals surface area contributed by atoms with E-state index in [4.69, 9.17) is 0 Å². The predicted molar refractivity (Wildman–Crippen MR) is 47.1 cm³/mol. The molecule has 0 spiro atoms. The maximum atomic E-state index is 11.2. The fraction of sp³-hybridized carbons (Fsp3) is 0.750. The van der Waals surface area contributed by atoms with Crippen LogP contribution in [0.15, 0.2) is 0 Å². The van der Waals surface area contributed by atoms with Crippen LogP contribution >= 0.6 is 15.9 Å². The summed E-state index contributed by atoms with van der Waals surface area (Å²) < 4.78 is 3.93. The van der Waals surface area contributed by atoms with Crippen LogP contribution in [0, 0.1) is 5.41 Å². The van der Waals surface area contributed by atoms with E-state index in [1.165, 1.54) is 14.0 Å². The molecule has 0 bridgehead atoms. The minimum Gasteiger partial charge on any atom is -0.469 e. The van der Waals surface area contributed by atoms with Crippen molar-refractivity contribution >= 4 is 27.7 Å². The highest BCUT2D eigenvalue weighted by Gasteiger charge is 2.71. The van der Waals surface area contributed by atoms with E-state index in [1.54, 1.807) is 6.92 Å². The molecule has 0 aromatic rings. The quantitative estimate of drug-likeness (QED) is 0.535. The number of alkyl halides is 1. The van der Waals surface area contributed by atoms with Crippen molar-refractivity contribution in [2.24, 2.45) is 5.41 Å². The van der Waals surface area contributed by atoms with Gasteiger partial charge in [0, 0.05) is 0 Å². The number of ketones is 1. The monoisotopic (exact) mass is 234 g/mol. The summed E-state index contributed by atoms with van der Waals surface area (Å²) in [7, 11) is 1.33. The molecule has 1 fully saturated rings. The molecule has 0 radical (unpaired) electrons. The highest BCUT2D eigenvalue weighted by Crippen LogP contribution is 2.63. The lowest BCUT2D eigenvalue weighted by atomic mass is 10.1. The largest absolute Gasteiger partial charge is 0.469 e. The SMILES string of the molecule is COC(=O)C1(C)CC1(Br)C(C)=O. The smallest absolute Gasteiger partial charge is 0.313 e. The zero-order chi connectivity index (χ0) is 9.57. The lowest BCUT2D eigenvalue weighted by Crippen LogP contribution is -2.27. The summed E-state index contributed by atoms with van der Waals surface area (Å²) in [6.45, 7) is 3.21. The number of ether oxygens (including phenoxy) is 1. The first-order valence-electron chi connectivity index (χ1n) is 3.67. The first-order chi connectivity index (χ1) is 5.38. The predicted octanol–water partition coefficient (Wildman–Crippen LogP) is 1.29. The van der Waals surface area contributed by atoms with E-state index in [0.717, 1.165) is 0 Å². The Morgan fingerprint density at radius 3 is 2.25 bits per heavy atom. The van der Waals surface area contributed by atoms with Gasteiger partial charge in [0.15, 0.2) is 0 Å². The lowest BCUT2D eigenvalue weighted by Gasteiger charge is -2.11. The molecule has 1 aliphatic rings. The van der Waals surface area contributed by atoms with Gasteiger partial charge in [-0.1, -0.05) is 15.9 Å². The Balaban J connectivity index is 2.83. The van der Waals surface area contributed by atoms with Gasteiger partial charge in [0.05, 0.1) is 12.5 Å². The van der Waals surface area contributed by atoms with E-state index in [-0.39, 0.29) is 11.8 Å². The number of esters is 1. The molecule has 2 atom stereocenters. The maximum absolute atomic E-state index is 11.2. The van der Waals surface area contributed by atoms with E-state index in [2.05, 4.69) is 20.7 Å². The number of rotatable bonds is 2. The molecule has 3 nitrogen and oxygen atoms in total. The summed E-state index contributed by atoms with van der Waals surface area (Å²) in [5.74, 6) is -0.343. The Bertz CT molecular complexity index is 251. The van der Waals surface area contributed by atoms with Gasteiger partial charge in [-0.2, -0.15) is 0 Å². The fourth-order valence-electron chi connectivity index (χ4n) is 1.42. The van der Waals surface area contributed by atoms with Crippen molar-refractivity contribution in [1.29, 1.82) is 0 Å². The van der Waals surface area contributed by atoms with Gasteiger partial charge in [0.25, 0.3) is 0 Å². The van der Waals surface area contributed by atoms with Crippen LogP contribution in [0.5, 0.6) is 0 Å². The molecule has 0 aromatic carbocycles. The minimum absolute atomic E-state index is 0.0181. The molecule has 4 heteroatoms. The number of Topliss-reactive ketones (excluding diaryl/α,β-unsaturated/α-hetero) is 1. The molecule has 12 heavy (non-hydrogen) atoms. The van der Waals surface area contributed by atoms with E-state index in [9.17, 15) is 9.59 Å². The molecule has 1 rings (SSSR count). The molecule has 0 amide bonds. The van der Waals surface area contributed by atoms with Crippen molar-refractivity contribution in [2.45, 2.75) is 24.6 Å². The second-order valence-electron chi connectivity index (χ2n) is 3.36. The average Bonchev–Trinajstić information content (AvgIpc) is 2.56. The van der Waals surface area contributed by atoms with Gasteiger partial charge in [-0.25, -0.2) is 0 Å². The van der Waals surface area contributed by atoms with Crippen LogP contribution < -0.4 is 0 Å². The Morgan fingerprint density at radius 2 is 2.00 bits per heavy atom. The zero-order valence-corrected chi connectivity index (χ0v) is 8.90. The lowest BCUT2D eigenvalue weighted by molar-refractivity contribution is -0.147. The average molecular weight is 235 g/mol. The van der Waals surface area contributed by atoms with Crippen molar-refractivity contribution in [3.05, 3.63) is 0 Å². The van der Waals surface area contributed by atoms with Crippen LogP contribution in [0.3, 0.4) is 0 Å². The Kier molecular flexibility index (Phi) is 2.07. The molecular formula is C8H11BrO3. The van der Waals surface area contributed by atoms with Crippen molar-refractivity contribution in [1.82, 2.24) is 0 Å². The first kappa shape index (κ1) is 9.71. The van der Waals surface area contributed by atoms with Gasteiger partial charge in [0.2, 0.25) is 0 Å². The number of hydrogen-bond acceptors (Lipinski definition) is 3. The Labute approximate surface area is 79.6 Å². The number of halogens is 1. The number of carbonyl (C=O) groups excluding carboxylic acids is 2. The highest BCUT2D eigenvalue weighted by atomic mass is 79.9. The summed E-state index contributed by atoms with van der Waals surface area (Å²) >= 11 is 3.27. The van der Waals surface area contributed by atoms with Gasteiger partial charge in [0.1, 0.15) is 10.1 Å². The number of hydrogen-bond donors (Lipinski definition) is 0. The fourth-order valence-corrected chi connectivity index (χ4v) is 2.14. The van der Waals surface area contributed by atoms with Gasteiger partial charge < -0.3 is 4.74 Å².